The molecule has 1 unspecified atom stereocenters. The Bertz CT molecular complexity index is 886. The quantitative estimate of drug-likeness (QED) is 0.680. The molecular formula is C21H31N3O5S. The van der Waals surface area contributed by atoms with Crippen molar-refractivity contribution in [3.8, 4) is 0 Å². The number of nitrogens with zero attached hydrogens (tertiary/aromatic N) is 1. The van der Waals surface area contributed by atoms with E-state index in [9.17, 15) is 18.0 Å². The normalized spacial score (nSPS) is 20.8. The minimum Gasteiger partial charge on any atom is -0.360 e. The van der Waals surface area contributed by atoms with Gasteiger partial charge in [-0.25, -0.2) is 8.42 Å². The molecule has 1 aromatic carbocycles. The molecule has 2 N–H and O–H groups in total. The summed E-state index contributed by atoms with van der Waals surface area (Å²) in [4.78, 5) is 24.6. The molecular weight excluding hydrogens is 406 g/mol. The second-order valence-electron chi connectivity index (χ2n) is 8.19. The molecule has 1 atom stereocenters. The molecule has 0 bridgehead atoms. The van der Waals surface area contributed by atoms with Crippen LogP contribution in [0.1, 0.15) is 48.8 Å². The van der Waals surface area contributed by atoms with Gasteiger partial charge in [0.1, 0.15) is 6.23 Å². The summed E-state index contributed by atoms with van der Waals surface area (Å²) in [5.74, 6) is -1.45. The van der Waals surface area contributed by atoms with Gasteiger partial charge in [-0.3, -0.25) is 9.59 Å². The Labute approximate surface area is 178 Å². The number of benzene rings is 1. The maximum Gasteiger partial charge on any atom is 0.309 e. The molecule has 1 aliphatic carbocycles. The number of rotatable bonds is 5. The smallest absolute Gasteiger partial charge is 0.309 e. The monoisotopic (exact) mass is 437 g/mol. The summed E-state index contributed by atoms with van der Waals surface area (Å²) in [6, 6.07) is 3.72. The highest BCUT2D eigenvalue weighted by molar-refractivity contribution is 7.89. The molecule has 0 radical (unpaired) electrons. The lowest BCUT2D eigenvalue weighted by Crippen LogP contribution is -2.53. The lowest BCUT2D eigenvalue weighted by Gasteiger charge is -2.35. The van der Waals surface area contributed by atoms with Crippen LogP contribution in [0.25, 0.3) is 0 Å². The molecule has 2 amide bonds. The zero-order valence-corrected chi connectivity index (χ0v) is 18.7. The van der Waals surface area contributed by atoms with Crippen molar-refractivity contribution < 1.29 is 22.7 Å². The van der Waals surface area contributed by atoms with E-state index in [1.54, 1.807) is 13.8 Å². The summed E-state index contributed by atoms with van der Waals surface area (Å²) < 4.78 is 33.8. The SMILES string of the molecule is Cc1cc(C)c(S(=O)(=O)N2CCCOC2CNC(=O)C(=O)NC2CCCC2)c(C)c1. The van der Waals surface area contributed by atoms with Gasteiger partial charge in [-0.05, 0) is 51.2 Å². The summed E-state index contributed by atoms with van der Waals surface area (Å²) in [5, 5.41) is 5.27. The van der Waals surface area contributed by atoms with E-state index in [0.717, 1.165) is 31.2 Å². The van der Waals surface area contributed by atoms with Crippen LogP contribution >= 0.6 is 0 Å². The van der Waals surface area contributed by atoms with Gasteiger partial charge in [0.15, 0.2) is 0 Å². The van der Waals surface area contributed by atoms with Gasteiger partial charge < -0.3 is 15.4 Å². The number of sulfonamides is 1. The van der Waals surface area contributed by atoms with E-state index >= 15 is 0 Å². The standard InChI is InChI=1S/C21H31N3O5S/c1-14-11-15(2)19(16(3)12-14)30(27,28)24-9-6-10-29-18(24)13-22-20(25)21(26)23-17-7-4-5-8-17/h11-12,17-18H,4-10,13H2,1-3H3,(H,22,25)(H,23,26). The van der Waals surface area contributed by atoms with E-state index in [2.05, 4.69) is 10.6 Å². The largest absolute Gasteiger partial charge is 0.360 e. The first-order valence-electron chi connectivity index (χ1n) is 10.5. The number of carbonyl (C=O) groups is 2. The summed E-state index contributed by atoms with van der Waals surface area (Å²) in [6.45, 7) is 6.09. The fraction of sp³-hybridized carbons (Fsp3) is 0.619. The van der Waals surface area contributed by atoms with E-state index < -0.39 is 28.1 Å². The van der Waals surface area contributed by atoms with Crippen molar-refractivity contribution >= 4 is 21.8 Å². The van der Waals surface area contributed by atoms with Gasteiger partial charge >= 0.3 is 11.8 Å². The molecule has 166 valence electrons. The zero-order chi connectivity index (χ0) is 21.9. The molecule has 1 saturated carbocycles. The summed E-state index contributed by atoms with van der Waals surface area (Å²) in [5.41, 5.74) is 2.35. The molecule has 1 saturated heterocycles. The Hall–Kier alpha value is -1.97. The van der Waals surface area contributed by atoms with Crippen LogP contribution in [-0.4, -0.2) is 56.5 Å². The minimum atomic E-state index is -3.82. The molecule has 2 fully saturated rings. The van der Waals surface area contributed by atoms with Crippen molar-refractivity contribution in [1.29, 1.82) is 0 Å². The fourth-order valence-electron chi connectivity index (χ4n) is 4.37. The number of nitrogens with one attached hydrogen (secondary N) is 2. The van der Waals surface area contributed by atoms with Crippen molar-refractivity contribution in [2.45, 2.75) is 70.0 Å². The Balaban J connectivity index is 1.70. The minimum absolute atomic E-state index is 0.0403. The highest BCUT2D eigenvalue weighted by Gasteiger charge is 2.36. The van der Waals surface area contributed by atoms with Crippen molar-refractivity contribution in [3.63, 3.8) is 0 Å². The molecule has 9 heteroatoms. The first kappa shape index (κ1) is 22.7. The van der Waals surface area contributed by atoms with E-state index in [1.165, 1.54) is 4.31 Å². The average Bonchev–Trinajstić information content (AvgIpc) is 3.18. The number of carbonyl (C=O) groups excluding carboxylic acids is 2. The van der Waals surface area contributed by atoms with E-state index in [0.29, 0.717) is 30.7 Å². The second kappa shape index (κ2) is 9.45. The number of amides is 2. The van der Waals surface area contributed by atoms with Crippen LogP contribution in [0, 0.1) is 20.8 Å². The van der Waals surface area contributed by atoms with Crippen molar-refractivity contribution in [3.05, 3.63) is 28.8 Å². The van der Waals surface area contributed by atoms with Crippen LogP contribution in [0.2, 0.25) is 0 Å². The fourth-order valence-corrected chi connectivity index (χ4v) is 6.36. The van der Waals surface area contributed by atoms with E-state index in [-0.39, 0.29) is 17.5 Å². The lowest BCUT2D eigenvalue weighted by atomic mass is 10.1. The van der Waals surface area contributed by atoms with E-state index in [1.807, 2.05) is 19.1 Å². The van der Waals surface area contributed by atoms with Crippen LogP contribution in [0.3, 0.4) is 0 Å². The Kier molecular flexibility index (Phi) is 7.15. The van der Waals surface area contributed by atoms with Crippen LogP contribution in [0.15, 0.2) is 17.0 Å². The molecule has 1 heterocycles. The molecule has 1 aliphatic heterocycles. The van der Waals surface area contributed by atoms with Crippen LogP contribution in [0.5, 0.6) is 0 Å². The van der Waals surface area contributed by atoms with Crippen LogP contribution in [0.4, 0.5) is 0 Å². The Morgan fingerprint density at radius 1 is 1.07 bits per heavy atom. The molecule has 1 aromatic rings. The van der Waals surface area contributed by atoms with Crippen molar-refractivity contribution in [2.75, 3.05) is 19.7 Å². The highest BCUT2D eigenvalue weighted by atomic mass is 32.2. The van der Waals surface area contributed by atoms with Crippen molar-refractivity contribution in [1.82, 2.24) is 14.9 Å². The van der Waals surface area contributed by atoms with Gasteiger partial charge in [-0.1, -0.05) is 30.5 Å². The Morgan fingerprint density at radius 3 is 2.33 bits per heavy atom. The molecule has 0 aromatic heterocycles. The van der Waals surface area contributed by atoms with Crippen LogP contribution < -0.4 is 10.6 Å². The predicted octanol–water partition coefficient (Wildman–Crippen LogP) is 1.52. The highest BCUT2D eigenvalue weighted by Crippen LogP contribution is 2.28. The first-order chi connectivity index (χ1) is 14.2. The third kappa shape index (κ3) is 5.01. The second-order valence-corrected chi connectivity index (χ2v) is 10.0. The van der Waals surface area contributed by atoms with Gasteiger partial charge in [-0.15, -0.1) is 0 Å². The predicted molar refractivity (Wildman–Crippen MR) is 112 cm³/mol. The van der Waals surface area contributed by atoms with Gasteiger partial charge in [-0.2, -0.15) is 4.31 Å². The maximum absolute atomic E-state index is 13.4. The molecule has 30 heavy (non-hydrogen) atoms. The summed E-state index contributed by atoms with van der Waals surface area (Å²) in [7, 11) is -3.82. The van der Waals surface area contributed by atoms with Gasteiger partial charge in [0.05, 0.1) is 18.0 Å². The summed E-state index contributed by atoms with van der Waals surface area (Å²) >= 11 is 0. The van der Waals surface area contributed by atoms with Crippen LogP contribution in [-0.2, 0) is 24.3 Å². The molecule has 0 spiro atoms. The van der Waals surface area contributed by atoms with Gasteiger partial charge in [0.2, 0.25) is 10.0 Å². The third-order valence-corrected chi connectivity index (χ3v) is 7.85. The van der Waals surface area contributed by atoms with Gasteiger partial charge in [0, 0.05) is 12.6 Å². The number of hydrogen-bond donors (Lipinski definition) is 2. The number of aryl methyl sites for hydroxylation is 3. The zero-order valence-electron chi connectivity index (χ0n) is 17.9. The first-order valence-corrected chi connectivity index (χ1v) is 11.9. The molecule has 8 nitrogen and oxygen atoms in total. The Morgan fingerprint density at radius 2 is 1.70 bits per heavy atom. The van der Waals surface area contributed by atoms with Crippen molar-refractivity contribution in [2.24, 2.45) is 0 Å². The maximum atomic E-state index is 13.4. The average molecular weight is 438 g/mol. The van der Waals surface area contributed by atoms with E-state index in [4.69, 9.17) is 4.74 Å². The molecule has 3 rings (SSSR count). The van der Waals surface area contributed by atoms with Gasteiger partial charge in [0.25, 0.3) is 0 Å². The summed E-state index contributed by atoms with van der Waals surface area (Å²) in [6.07, 6.45) is 3.57. The lowest BCUT2D eigenvalue weighted by molar-refractivity contribution is -0.140. The molecule has 2 aliphatic rings. The number of hydrogen-bond acceptors (Lipinski definition) is 5. The topological polar surface area (TPSA) is 105 Å². The number of ether oxygens (including phenoxy) is 1. The third-order valence-electron chi connectivity index (χ3n) is 5.66.